The summed E-state index contributed by atoms with van der Waals surface area (Å²) in [7, 11) is 8.76. The third-order valence-electron chi connectivity index (χ3n) is 3.61. The first-order valence-electron chi connectivity index (χ1n) is 6.26. The number of aryl methyl sites for hydroxylation is 2. The second kappa shape index (κ2) is 4.29. The fourth-order valence-electron chi connectivity index (χ4n) is 2.59. The van der Waals surface area contributed by atoms with Crippen LogP contribution in [0.2, 0.25) is 5.02 Å². The summed E-state index contributed by atoms with van der Waals surface area (Å²) >= 11 is 6.37. The van der Waals surface area contributed by atoms with Gasteiger partial charge < -0.3 is 9.05 Å². The van der Waals surface area contributed by atoms with Crippen molar-refractivity contribution in [1.29, 1.82) is 0 Å². The molecule has 0 bridgehead atoms. The molecule has 0 saturated carbocycles. The van der Waals surface area contributed by atoms with Crippen LogP contribution < -0.4 is 0 Å². The van der Waals surface area contributed by atoms with Crippen LogP contribution in [0.3, 0.4) is 0 Å². The number of nitrogens with zero attached hydrogens (tertiary/aromatic N) is 2. The highest BCUT2D eigenvalue weighted by Crippen LogP contribution is 2.33. The Morgan fingerprint density at radius 1 is 1.17 bits per heavy atom. The molecule has 0 saturated heterocycles. The molecule has 98 valence electrons. The predicted octanol–water partition coefficient (Wildman–Crippen LogP) is 3.65. The topological polar surface area (TPSA) is 4.93 Å². The number of benzene rings is 1. The van der Waals surface area contributed by atoms with Crippen molar-refractivity contribution in [1.82, 2.24) is 4.57 Å². The maximum atomic E-state index is 6.37. The number of hydrogen-bond acceptors (Lipinski definition) is 0. The average molecular weight is 266 g/mol. The van der Waals surface area contributed by atoms with E-state index in [2.05, 4.69) is 52.7 Å². The van der Waals surface area contributed by atoms with Crippen LogP contribution in [0.25, 0.3) is 10.9 Å². The molecule has 0 radical (unpaired) electrons. The van der Waals surface area contributed by atoms with Crippen LogP contribution in [0, 0.1) is 13.8 Å². The van der Waals surface area contributed by atoms with Gasteiger partial charge in [0.15, 0.2) is 0 Å². The maximum absolute atomic E-state index is 6.37. The zero-order valence-corrected chi connectivity index (χ0v) is 12.9. The van der Waals surface area contributed by atoms with Gasteiger partial charge in [-0.15, -0.1) is 0 Å². The Kier molecular flexibility index (Phi) is 3.20. The summed E-state index contributed by atoms with van der Waals surface area (Å²) < 4.78 is 3.18. The lowest BCUT2D eigenvalue weighted by atomic mass is 10.1. The molecular weight excluding hydrogens is 244 g/mol. The molecule has 0 N–H and O–H groups in total. The number of quaternary nitrogens is 1. The highest BCUT2D eigenvalue weighted by molar-refractivity contribution is 6.36. The van der Waals surface area contributed by atoms with Gasteiger partial charge in [0.05, 0.1) is 31.7 Å². The Balaban J connectivity index is 2.78. The molecule has 1 heterocycles. The molecule has 0 aliphatic carbocycles. The molecule has 0 amide bonds. The summed E-state index contributed by atoms with van der Waals surface area (Å²) in [5.74, 6) is 0. The van der Waals surface area contributed by atoms with Crippen molar-refractivity contribution in [2.45, 2.75) is 20.4 Å². The van der Waals surface area contributed by atoms with Crippen LogP contribution in [0.4, 0.5) is 0 Å². The minimum Gasteiger partial charge on any atom is -0.347 e. The number of halogens is 1. The Bertz CT molecular complexity index is 603. The molecule has 1 aromatic heterocycles. The largest absolute Gasteiger partial charge is 0.347 e. The van der Waals surface area contributed by atoms with E-state index in [0.29, 0.717) is 0 Å². The van der Waals surface area contributed by atoms with Gasteiger partial charge in [-0.25, -0.2) is 0 Å². The molecule has 2 nitrogen and oxygen atoms in total. The number of rotatable bonds is 2. The molecule has 0 atom stereocenters. The fraction of sp³-hybridized carbons (Fsp3) is 0.467. The number of hydrogen-bond donors (Lipinski definition) is 0. The summed E-state index contributed by atoms with van der Waals surface area (Å²) in [6.07, 6.45) is 0. The van der Waals surface area contributed by atoms with Gasteiger partial charge in [-0.05, 0) is 31.5 Å². The lowest BCUT2D eigenvalue weighted by molar-refractivity contribution is -0.883. The lowest BCUT2D eigenvalue weighted by Gasteiger charge is -2.24. The molecule has 18 heavy (non-hydrogen) atoms. The molecule has 0 unspecified atom stereocenters. The molecule has 0 aliphatic heterocycles. The van der Waals surface area contributed by atoms with Crippen LogP contribution in [-0.2, 0) is 13.6 Å². The molecule has 0 spiro atoms. The lowest BCUT2D eigenvalue weighted by Crippen LogP contribution is -2.33. The Morgan fingerprint density at radius 2 is 1.78 bits per heavy atom. The van der Waals surface area contributed by atoms with Gasteiger partial charge in [0.1, 0.15) is 6.54 Å². The smallest absolute Gasteiger partial charge is 0.106 e. The summed E-state index contributed by atoms with van der Waals surface area (Å²) in [5.41, 5.74) is 5.23. The quantitative estimate of drug-likeness (QED) is 0.731. The van der Waals surface area contributed by atoms with E-state index < -0.39 is 0 Å². The van der Waals surface area contributed by atoms with Crippen molar-refractivity contribution >= 4 is 22.5 Å². The van der Waals surface area contributed by atoms with E-state index in [-0.39, 0.29) is 0 Å². The molecule has 3 heteroatoms. The third-order valence-corrected chi connectivity index (χ3v) is 3.93. The van der Waals surface area contributed by atoms with Crippen molar-refractivity contribution in [2.24, 2.45) is 7.05 Å². The number of fused-ring (bicyclic) bond motifs is 1. The first kappa shape index (κ1) is 13.4. The van der Waals surface area contributed by atoms with Gasteiger partial charge >= 0.3 is 0 Å². The van der Waals surface area contributed by atoms with Gasteiger partial charge in [-0.1, -0.05) is 11.6 Å². The van der Waals surface area contributed by atoms with Crippen molar-refractivity contribution < 1.29 is 4.48 Å². The van der Waals surface area contributed by atoms with E-state index in [0.717, 1.165) is 16.1 Å². The van der Waals surface area contributed by atoms with Crippen LogP contribution in [0.15, 0.2) is 12.1 Å². The first-order valence-corrected chi connectivity index (χ1v) is 6.63. The van der Waals surface area contributed by atoms with Crippen LogP contribution in [-0.4, -0.2) is 30.2 Å². The van der Waals surface area contributed by atoms with E-state index in [9.17, 15) is 0 Å². The SMILES string of the molecule is Cc1c(C)n(C)c2c(C[N+](C)(C)C)ccc(Cl)c12. The van der Waals surface area contributed by atoms with Gasteiger partial charge in [-0.2, -0.15) is 0 Å². The molecular formula is C15H22ClN2+. The van der Waals surface area contributed by atoms with Crippen LogP contribution >= 0.6 is 11.6 Å². The summed E-state index contributed by atoms with van der Waals surface area (Å²) in [5, 5.41) is 2.07. The highest BCUT2D eigenvalue weighted by atomic mass is 35.5. The first-order chi connectivity index (χ1) is 8.22. The van der Waals surface area contributed by atoms with Crippen molar-refractivity contribution in [3.8, 4) is 0 Å². The minimum atomic E-state index is 0.858. The fourth-order valence-corrected chi connectivity index (χ4v) is 2.88. The Labute approximate surface area is 114 Å². The van der Waals surface area contributed by atoms with E-state index in [1.807, 2.05) is 6.07 Å². The third kappa shape index (κ3) is 2.15. The number of aromatic nitrogens is 1. The summed E-state index contributed by atoms with van der Waals surface area (Å²) in [6, 6.07) is 4.19. The van der Waals surface area contributed by atoms with Crippen molar-refractivity contribution in [3.05, 3.63) is 34.0 Å². The van der Waals surface area contributed by atoms with Gasteiger partial charge in [0, 0.05) is 23.7 Å². The predicted molar refractivity (Wildman–Crippen MR) is 79.1 cm³/mol. The van der Waals surface area contributed by atoms with Gasteiger partial charge in [0.25, 0.3) is 0 Å². The second-order valence-electron chi connectivity index (χ2n) is 6.15. The molecule has 2 aromatic rings. The van der Waals surface area contributed by atoms with Crippen molar-refractivity contribution in [3.63, 3.8) is 0 Å². The molecule has 0 aliphatic rings. The Morgan fingerprint density at radius 3 is 2.33 bits per heavy atom. The van der Waals surface area contributed by atoms with E-state index in [1.54, 1.807) is 0 Å². The zero-order chi connectivity index (χ0) is 13.7. The summed E-state index contributed by atoms with van der Waals surface area (Å²) in [6.45, 7) is 5.31. The van der Waals surface area contributed by atoms with Crippen molar-refractivity contribution in [2.75, 3.05) is 21.1 Å². The van der Waals surface area contributed by atoms with Crippen LogP contribution in [0.5, 0.6) is 0 Å². The average Bonchev–Trinajstić information content (AvgIpc) is 2.47. The van der Waals surface area contributed by atoms with Crippen LogP contribution in [0.1, 0.15) is 16.8 Å². The second-order valence-corrected chi connectivity index (χ2v) is 6.56. The highest BCUT2D eigenvalue weighted by Gasteiger charge is 2.18. The minimum absolute atomic E-state index is 0.858. The molecule has 2 rings (SSSR count). The normalized spacial score (nSPS) is 12.4. The van der Waals surface area contributed by atoms with Gasteiger partial charge in [0.2, 0.25) is 0 Å². The zero-order valence-electron chi connectivity index (χ0n) is 12.1. The molecule has 1 aromatic carbocycles. The maximum Gasteiger partial charge on any atom is 0.106 e. The van der Waals surface area contributed by atoms with Gasteiger partial charge in [-0.3, -0.25) is 0 Å². The van der Waals surface area contributed by atoms with E-state index in [1.165, 1.54) is 27.7 Å². The summed E-state index contributed by atoms with van der Waals surface area (Å²) in [4.78, 5) is 0. The Hall–Kier alpha value is -0.990. The standard InChI is InChI=1S/C15H22ClN2/c1-10-11(2)17(3)15-12(9-18(4,5)6)7-8-13(16)14(10)15/h7-8H,9H2,1-6H3/q+1. The van der Waals surface area contributed by atoms with E-state index in [4.69, 9.17) is 11.6 Å². The molecule has 0 fully saturated rings. The van der Waals surface area contributed by atoms with E-state index >= 15 is 0 Å². The monoisotopic (exact) mass is 265 g/mol.